The second-order valence-electron chi connectivity index (χ2n) is 12.8. The van der Waals surface area contributed by atoms with Crippen LogP contribution in [0.2, 0.25) is 0 Å². The van der Waals surface area contributed by atoms with E-state index in [-0.39, 0.29) is 12.1 Å². The fourth-order valence-corrected chi connectivity index (χ4v) is 6.98. The molecule has 0 fully saturated rings. The minimum absolute atomic E-state index is 0.116. The monoisotopic (exact) mass is 576 g/mol. The third-order valence-corrected chi connectivity index (χ3v) is 9.43. The van der Waals surface area contributed by atoms with Crippen molar-refractivity contribution < 1.29 is 9.47 Å². The molecule has 2 atom stereocenters. The Bertz CT molecular complexity index is 2000. The summed E-state index contributed by atoms with van der Waals surface area (Å²) in [5.41, 5.74) is 4.34. The molecule has 4 heteroatoms. The van der Waals surface area contributed by atoms with Crippen molar-refractivity contribution in [3.63, 3.8) is 0 Å². The molecule has 44 heavy (non-hydrogen) atoms. The molecule has 2 aliphatic heterocycles. The Kier molecular flexibility index (Phi) is 6.41. The quantitative estimate of drug-likeness (QED) is 0.192. The van der Waals surface area contributed by atoms with E-state index in [1.165, 1.54) is 32.3 Å². The molecule has 218 valence electrons. The Morgan fingerprint density at radius 3 is 0.977 bits per heavy atom. The van der Waals surface area contributed by atoms with Gasteiger partial charge < -0.3 is 9.47 Å². The van der Waals surface area contributed by atoms with E-state index in [2.05, 4.69) is 125 Å². The molecule has 0 radical (unpaired) electrons. The van der Waals surface area contributed by atoms with Gasteiger partial charge in [-0.25, -0.2) is 9.98 Å². The number of hydrogen-bond donors (Lipinski definition) is 0. The van der Waals surface area contributed by atoms with Gasteiger partial charge in [-0.3, -0.25) is 0 Å². The van der Waals surface area contributed by atoms with E-state index >= 15 is 0 Å². The second kappa shape index (κ2) is 10.5. The highest BCUT2D eigenvalue weighted by Crippen LogP contribution is 2.47. The normalized spacial score (nSPS) is 18.4. The molecule has 0 N–H and O–H groups in total. The Labute approximate surface area is 258 Å². The zero-order chi connectivity index (χ0) is 29.9. The smallest absolute Gasteiger partial charge is 0.217 e. The summed E-state index contributed by atoms with van der Waals surface area (Å²) in [5.74, 6) is 2.21. The van der Waals surface area contributed by atoms with E-state index in [1.54, 1.807) is 0 Å². The lowest BCUT2D eigenvalue weighted by Crippen LogP contribution is -2.13. The topological polar surface area (TPSA) is 43.2 Å². The summed E-state index contributed by atoms with van der Waals surface area (Å²) in [6.07, 6.45) is 0. The molecule has 8 rings (SSSR count). The SMILES string of the molecule is CC(C)[C@H]1COC(c2c(-c3c(C4=N[C@@H](C(C)C)CO4)c4ccccc4c4ccccc34)c3ccccc3c3ccccc23)=N1. The van der Waals surface area contributed by atoms with Gasteiger partial charge in [-0.1, -0.05) is 125 Å². The van der Waals surface area contributed by atoms with Crippen molar-refractivity contribution >= 4 is 54.9 Å². The predicted molar refractivity (Wildman–Crippen MR) is 184 cm³/mol. The number of fused-ring (bicyclic) bond motifs is 6. The largest absolute Gasteiger partial charge is 0.475 e. The summed E-state index contributed by atoms with van der Waals surface area (Å²) in [6, 6.07) is 35.1. The maximum Gasteiger partial charge on any atom is 0.217 e. The lowest BCUT2D eigenvalue weighted by molar-refractivity contribution is 0.291. The average Bonchev–Trinajstić information content (AvgIpc) is 3.75. The van der Waals surface area contributed by atoms with Gasteiger partial charge in [0.05, 0.1) is 23.2 Å². The summed E-state index contributed by atoms with van der Waals surface area (Å²) in [5, 5.41) is 9.42. The van der Waals surface area contributed by atoms with Crippen molar-refractivity contribution in [2.75, 3.05) is 13.2 Å². The van der Waals surface area contributed by atoms with Crippen LogP contribution < -0.4 is 0 Å². The van der Waals surface area contributed by atoms with E-state index < -0.39 is 0 Å². The van der Waals surface area contributed by atoms with Crippen LogP contribution in [0.4, 0.5) is 0 Å². The highest BCUT2D eigenvalue weighted by atomic mass is 16.5. The van der Waals surface area contributed by atoms with Crippen LogP contribution in [0.1, 0.15) is 38.8 Å². The van der Waals surface area contributed by atoms with Crippen molar-refractivity contribution in [3.05, 3.63) is 108 Å². The lowest BCUT2D eigenvalue weighted by atomic mass is 9.82. The third kappa shape index (κ3) is 4.11. The highest BCUT2D eigenvalue weighted by Gasteiger charge is 2.33. The Hall–Kier alpha value is -4.70. The van der Waals surface area contributed by atoms with Crippen molar-refractivity contribution in [2.24, 2.45) is 21.8 Å². The maximum atomic E-state index is 6.53. The fourth-order valence-electron chi connectivity index (χ4n) is 6.98. The Morgan fingerprint density at radius 1 is 0.432 bits per heavy atom. The molecular formula is C40H36N2O2. The first-order valence-electron chi connectivity index (χ1n) is 15.8. The first kappa shape index (κ1) is 26.9. The van der Waals surface area contributed by atoms with Crippen LogP contribution in [0, 0.1) is 11.8 Å². The van der Waals surface area contributed by atoms with Crippen LogP contribution in [-0.4, -0.2) is 37.1 Å². The van der Waals surface area contributed by atoms with E-state index in [0.717, 1.165) is 44.8 Å². The number of nitrogens with zero attached hydrogens (tertiary/aromatic N) is 2. The number of hydrogen-bond acceptors (Lipinski definition) is 4. The zero-order valence-corrected chi connectivity index (χ0v) is 25.7. The van der Waals surface area contributed by atoms with Gasteiger partial charge in [0.2, 0.25) is 11.8 Å². The average molecular weight is 577 g/mol. The minimum Gasteiger partial charge on any atom is -0.475 e. The van der Waals surface area contributed by atoms with E-state index in [0.29, 0.717) is 25.0 Å². The molecule has 0 saturated carbocycles. The van der Waals surface area contributed by atoms with Crippen molar-refractivity contribution in [1.29, 1.82) is 0 Å². The van der Waals surface area contributed by atoms with Crippen LogP contribution in [0.25, 0.3) is 54.2 Å². The molecule has 0 saturated heterocycles. The van der Waals surface area contributed by atoms with Gasteiger partial charge in [0, 0.05) is 11.1 Å². The molecule has 0 aliphatic carbocycles. The highest BCUT2D eigenvalue weighted by molar-refractivity contribution is 6.31. The van der Waals surface area contributed by atoms with Gasteiger partial charge in [-0.2, -0.15) is 0 Å². The van der Waals surface area contributed by atoms with Crippen molar-refractivity contribution in [2.45, 2.75) is 39.8 Å². The molecule has 2 heterocycles. The predicted octanol–water partition coefficient (Wildman–Crippen LogP) is 9.57. The molecule has 2 aliphatic rings. The van der Waals surface area contributed by atoms with E-state index in [4.69, 9.17) is 19.5 Å². The van der Waals surface area contributed by atoms with Crippen LogP contribution in [0.15, 0.2) is 107 Å². The number of ether oxygens (including phenoxy) is 2. The zero-order valence-electron chi connectivity index (χ0n) is 25.7. The molecule has 0 amide bonds. The van der Waals surface area contributed by atoms with Crippen LogP contribution in [0.3, 0.4) is 0 Å². The number of aliphatic imine (C=N–C) groups is 2. The second-order valence-corrected chi connectivity index (χ2v) is 12.8. The molecule has 4 nitrogen and oxygen atoms in total. The molecule has 6 aromatic rings. The lowest BCUT2D eigenvalue weighted by Gasteiger charge is -2.23. The summed E-state index contributed by atoms with van der Waals surface area (Å²) in [6.45, 7) is 10.0. The van der Waals surface area contributed by atoms with Gasteiger partial charge in [-0.05, 0) is 54.9 Å². The summed E-state index contributed by atoms with van der Waals surface area (Å²) >= 11 is 0. The van der Waals surface area contributed by atoms with Crippen LogP contribution >= 0.6 is 0 Å². The summed E-state index contributed by atoms with van der Waals surface area (Å²) in [7, 11) is 0. The summed E-state index contributed by atoms with van der Waals surface area (Å²) < 4.78 is 13.1. The van der Waals surface area contributed by atoms with Crippen LogP contribution in [0.5, 0.6) is 0 Å². The molecule has 0 bridgehead atoms. The minimum atomic E-state index is 0.116. The van der Waals surface area contributed by atoms with Gasteiger partial charge in [0.25, 0.3) is 0 Å². The molecule has 0 spiro atoms. The maximum absolute atomic E-state index is 6.53. The van der Waals surface area contributed by atoms with Gasteiger partial charge in [0.1, 0.15) is 13.2 Å². The Morgan fingerprint density at radius 2 is 0.705 bits per heavy atom. The number of benzene rings is 6. The van der Waals surface area contributed by atoms with Gasteiger partial charge >= 0.3 is 0 Å². The van der Waals surface area contributed by atoms with Crippen molar-refractivity contribution in [1.82, 2.24) is 0 Å². The molecule has 0 aromatic heterocycles. The van der Waals surface area contributed by atoms with Crippen molar-refractivity contribution in [3.8, 4) is 11.1 Å². The first-order chi connectivity index (χ1) is 21.5. The van der Waals surface area contributed by atoms with Gasteiger partial charge in [-0.15, -0.1) is 0 Å². The van der Waals surface area contributed by atoms with E-state index in [9.17, 15) is 0 Å². The standard InChI is InChI=1S/C40H36N2O2/c1-23(2)33-21-43-39(41-33)37-31-19-11-7-15-27(31)25-13-5-9-17-29(25)35(37)36-30-18-10-6-14-26(30)28-16-8-12-20-32(28)38(36)40-42-34(22-44-40)24(3)4/h5-20,23-24,33-34H,21-22H2,1-4H3/t33-,34-/m1/s1. The number of rotatable bonds is 5. The molecule has 0 unspecified atom stereocenters. The fraction of sp³-hybridized carbons (Fsp3) is 0.250. The third-order valence-electron chi connectivity index (χ3n) is 9.43. The molecule has 6 aromatic carbocycles. The first-order valence-corrected chi connectivity index (χ1v) is 15.8. The van der Waals surface area contributed by atoms with Crippen LogP contribution in [-0.2, 0) is 9.47 Å². The van der Waals surface area contributed by atoms with E-state index in [1.807, 2.05) is 0 Å². The molecular weight excluding hydrogens is 540 g/mol. The summed E-state index contributed by atoms with van der Waals surface area (Å²) in [4.78, 5) is 10.5. The van der Waals surface area contributed by atoms with Gasteiger partial charge in [0.15, 0.2) is 0 Å². The Balaban J connectivity index is 1.61.